The molecule has 0 aliphatic rings. The number of halogens is 3. The predicted molar refractivity (Wildman–Crippen MR) is 49.1 cm³/mol. The first-order chi connectivity index (χ1) is 7.49. The number of Topliss-reactive ketones (excluding diaryl/α,β-unsaturated/α-hetero) is 1. The van der Waals surface area contributed by atoms with Crippen LogP contribution in [-0.4, -0.2) is 25.2 Å². The Balaban J connectivity index is 2.10. The van der Waals surface area contributed by atoms with Gasteiger partial charge in [-0.1, -0.05) is 0 Å². The van der Waals surface area contributed by atoms with Crippen LogP contribution in [0.4, 0.5) is 13.2 Å². The third-order valence-electron chi connectivity index (χ3n) is 1.78. The highest BCUT2D eigenvalue weighted by Crippen LogP contribution is 2.20. The Morgan fingerprint density at radius 3 is 2.75 bits per heavy atom. The van der Waals surface area contributed by atoms with Crippen molar-refractivity contribution in [2.75, 3.05) is 13.2 Å². The Kier molecular flexibility index (Phi) is 4.54. The van der Waals surface area contributed by atoms with Crippen LogP contribution in [0, 0.1) is 0 Å². The minimum atomic E-state index is -4.17. The van der Waals surface area contributed by atoms with E-state index in [1.807, 2.05) is 0 Å². The molecular weight excluding hydrogens is 225 g/mol. The summed E-state index contributed by atoms with van der Waals surface area (Å²) >= 11 is 0. The molecule has 6 heteroatoms. The highest BCUT2D eigenvalue weighted by molar-refractivity contribution is 5.94. The molecule has 0 saturated carbocycles. The summed E-state index contributed by atoms with van der Waals surface area (Å²) < 4.78 is 44.8. The summed E-state index contributed by atoms with van der Waals surface area (Å²) in [4.78, 5) is 11.2. The molecule has 3 nitrogen and oxygen atoms in total. The van der Waals surface area contributed by atoms with E-state index in [2.05, 4.69) is 0 Å². The van der Waals surface area contributed by atoms with Gasteiger partial charge in [0.25, 0.3) is 0 Å². The summed E-state index contributed by atoms with van der Waals surface area (Å²) in [6, 6.07) is 3.03. The predicted octanol–water partition coefficient (Wildman–Crippen LogP) is 2.82. The van der Waals surface area contributed by atoms with E-state index >= 15 is 0 Å². The highest BCUT2D eigenvalue weighted by Gasteiger charge is 2.25. The minimum absolute atomic E-state index is 0.0913. The van der Waals surface area contributed by atoms with E-state index in [1.165, 1.54) is 12.3 Å². The highest BCUT2D eigenvalue weighted by atomic mass is 19.4. The molecule has 0 radical (unpaired) electrons. The molecule has 0 aliphatic heterocycles. The SMILES string of the molecule is O=C(COCCCC(F)(F)F)c1ccco1. The molecule has 1 aromatic heterocycles. The summed E-state index contributed by atoms with van der Waals surface area (Å²) in [6.07, 6.45) is -3.87. The van der Waals surface area contributed by atoms with Crippen molar-refractivity contribution in [1.29, 1.82) is 0 Å². The number of ketones is 1. The molecule has 0 saturated heterocycles. The van der Waals surface area contributed by atoms with Crippen LogP contribution in [0.5, 0.6) is 0 Å². The molecule has 90 valence electrons. The molecule has 0 fully saturated rings. The van der Waals surface area contributed by atoms with Crippen molar-refractivity contribution in [3.05, 3.63) is 24.2 Å². The van der Waals surface area contributed by atoms with Crippen molar-refractivity contribution in [3.8, 4) is 0 Å². The second kappa shape index (κ2) is 5.69. The molecule has 0 atom stereocenters. The average Bonchev–Trinajstić information content (AvgIpc) is 2.67. The Hall–Kier alpha value is -1.30. The van der Waals surface area contributed by atoms with E-state index in [0.717, 1.165) is 0 Å². The van der Waals surface area contributed by atoms with Crippen LogP contribution in [0.2, 0.25) is 0 Å². The lowest BCUT2D eigenvalue weighted by molar-refractivity contribution is -0.137. The summed E-state index contributed by atoms with van der Waals surface area (Å²) in [7, 11) is 0. The van der Waals surface area contributed by atoms with Crippen molar-refractivity contribution >= 4 is 5.78 Å². The van der Waals surface area contributed by atoms with E-state index in [9.17, 15) is 18.0 Å². The van der Waals surface area contributed by atoms with Gasteiger partial charge in [-0.15, -0.1) is 0 Å². The van der Waals surface area contributed by atoms with Crippen molar-refractivity contribution in [2.45, 2.75) is 19.0 Å². The zero-order chi connectivity index (χ0) is 12.0. The van der Waals surface area contributed by atoms with Crippen LogP contribution in [0.15, 0.2) is 22.8 Å². The minimum Gasteiger partial charge on any atom is -0.461 e. The summed E-state index contributed by atoms with van der Waals surface area (Å²) in [6.45, 7) is -0.350. The van der Waals surface area contributed by atoms with E-state index in [4.69, 9.17) is 9.15 Å². The van der Waals surface area contributed by atoms with E-state index in [-0.39, 0.29) is 31.2 Å². The number of hydrogen-bond acceptors (Lipinski definition) is 3. The van der Waals surface area contributed by atoms with E-state index in [0.29, 0.717) is 0 Å². The quantitative estimate of drug-likeness (QED) is 0.563. The first-order valence-corrected chi connectivity index (χ1v) is 4.70. The van der Waals surface area contributed by atoms with Crippen LogP contribution < -0.4 is 0 Å². The van der Waals surface area contributed by atoms with Crippen LogP contribution in [-0.2, 0) is 4.74 Å². The summed E-state index contributed by atoms with van der Waals surface area (Å²) in [5, 5.41) is 0. The Morgan fingerprint density at radius 2 is 2.19 bits per heavy atom. The zero-order valence-corrected chi connectivity index (χ0v) is 8.42. The smallest absolute Gasteiger partial charge is 0.389 e. The first kappa shape index (κ1) is 12.8. The van der Waals surface area contributed by atoms with Crippen LogP contribution >= 0.6 is 0 Å². The number of ether oxygens (including phenoxy) is 1. The van der Waals surface area contributed by atoms with E-state index in [1.54, 1.807) is 6.07 Å². The maximum atomic E-state index is 11.7. The lowest BCUT2D eigenvalue weighted by Crippen LogP contribution is -2.12. The third-order valence-corrected chi connectivity index (χ3v) is 1.78. The molecule has 0 bridgehead atoms. The lowest BCUT2D eigenvalue weighted by Gasteiger charge is -2.05. The maximum absolute atomic E-state index is 11.7. The summed E-state index contributed by atoms with van der Waals surface area (Å²) in [5.74, 6) is -0.229. The second-order valence-electron chi connectivity index (χ2n) is 3.17. The topological polar surface area (TPSA) is 39.4 Å². The van der Waals surface area contributed by atoms with Gasteiger partial charge >= 0.3 is 6.18 Å². The molecule has 0 aliphatic carbocycles. The van der Waals surface area contributed by atoms with E-state index < -0.39 is 12.6 Å². The van der Waals surface area contributed by atoms with Gasteiger partial charge in [0.1, 0.15) is 6.61 Å². The Labute approximate surface area is 90.2 Å². The van der Waals surface area contributed by atoms with Gasteiger partial charge in [0, 0.05) is 13.0 Å². The Morgan fingerprint density at radius 1 is 1.44 bits per heavy atom. The first-order valence-electron chi connectivity index (χ1n) is 4.70. The Bertz CT molecular complexity index is 317. The van der Waals surface area contributed by atoms with Crippen LogP contribution in [0.1, 0.15) is 23.4 Å². The van der Waals surface area contributed by atoms with Crippen molar-refractivity contribution in [2.24, 2.45) is 0 Å². The molecule has 1 aromatic rings. The van der Waals surface area contributed by atoms with Gasteiger partial charge in [-0.3, -0.25) is 4.79 Å². The van der Waals surface area contributed by atoms with Crippen LogP contribution in [0.25, 0.3) is 0 Å². The van der Waals surface area contributed by atoms with Gasteiger partial charge in [-0.2, -0.15) is 13.2 Å². The number of carbonyl (C=O) groups excluding carboxylic acids is 1. The van der Waals surface area contributed by atoms with Gasteiger partial charge < -0.3 is 9.15 Å². The third kappa shape index (κ3) is 4.97. The molecule has 0 spiro atoms. The van der Waals surface area contributed by atoms with Crippen molar-refractivity contribution < 1.29 is 27.1 Å². The zero-order valence-electron chi connectivity index (χ0n) is 8.42. The molecule has 0 amide bonds. The molecule has 16 heavy (non-hydrogen) atoms. The lowest BCUT2D eigenvalue weighted by atomic mass is 10.3. The van der Waals surface area contributed by atoms with Crippen LogP contribution in [0.3, 0.4) is 0 Å². The standard InChI is InChI=1S/C10H11F3O3/c11-10(12,13)4-2-5-15-7-8(14)9-3-1-6-16-9/h1,3,6H,2,4-5,7H2. The van der Waals surface area contributed by atoms with Gasteiger partial charge in [-0.05, 0) is 18.6 Å². The maximum Gasteiger partial charge on any atom is 0.389 e. The molecule has 0 N–H and O–H groups in total. The molecule has 1 rings (SSSR count). The number of alkyl halides is 3. The molecule has 1 heterocycles. The fourth-order valence-corrected chi connectivity index (χ4v) is 1.05. The summed E-state index contributed by atoms with van der Waals surface area (Å²) in [5.41, 5.74) is 0. The number of furan rings is 1. The fourth-order valence-electron chi connectivity index (χ4n) is 1.05. The normalized spacial score (nSPS) is 11.7. The fraction of sp³-hybridized carbons (Fsp3) is 0.500. The van der Waals surface area contributed by atoms with Crippen molar-refractivity contribution in [3.63, 3.8) is 0 Å². The second-order valence-corrected chi connectivity index (χ2v) is 3.17. The number of carbonyl (C=O) groups is 1. The number of rotatable bonds is 6. The van der Waals surface area contributed by atoms with Crippen molar-refractivity contribution in [1.82, 2.24) is 0 Å². The van der Waals surface area contributed by atoms with Gasteiger partial charge in [0.2, 0.25) is 5.78 Å². The van der Waals surface area contributed by atoms with Gasteiger partial charge in [0.05, 0.1) is 6.26 Å². The largest absolute Gasteiger partial charge is 0.461 e. The molecule has 0 aromatic carbocycles. The van der Waals surface area contributed by atoms with Gasteiger partial charge in [-0.25, -0.2) is 0 Å². The average molecular weight is 236 g/mol. The van der Waals surface area contributed by atoms with Gasteiger partial charge in [0.15, 0.2) is 5.76 Å². The number of hydrogen-bond donors (Lipinski definition) is 0. The molecular formula is C10H11F3O3. The molecule has 0 unspecified atom stereocenters. The monoisotopic (exact) mass is 236 g/mol.